The number of benzene rings is 12. The average molecular weight is 989 g/mol. The number of para-hydroxylation sites is 8. The van der Waals surface area contributed by atoms with Crippen LogP contribution in [0.5, 0.6) is 0 Å². The number of nitrogens with zero attached hydrogens (tertiary/aromatic N) is 4. The molecule has 1 heterocycles. The molecule has 5 heteroatoms. The minimum atomic E-state index is 0.803. The number of fused-ring (bicyclic) bond motifs is 3. The summed E-state index contributed by atoms with van der Waals surface area (Å²) in [5, 5.41) is 2.08. The zero-order chi connectivity index (χ0) is 51.3. The van der Waals surface area contributed by atoms with Crippen LogP contribution in [0.15, 0.2) is 320 Å². The Bertz CT molecular complexity index is 4000. The van der Waals surface area contributed by atoms with E-state index in [1.54, 1.807) is 0 Å². The fourth-order valence-electron chi connectivity index (χ4n) is 10.6. The maximum atomic E-state index is 7.30. The molecule has 0 saturated heterocycles. The molecule has 0 radical (unpaired) electrons. The molecular weight excluding hydrogens is 937 g/mol. The van der Waals surface area contributed by atoms with Crippen molar-refractivity contribution in [2.45, 2.75) is 0 Å². The predicted octanol–water partition coefficient (Wildman–Crippen LogP) is 20.8. The van der Waals surface area contributed by atoms with E-state index in [2.05, 4.69) is 335 Å². The molecule has 13 aromatic rings. The third-order valence-electron chi connectivity index (χ3n) is 14.2. The van der Waals surface area contributed by atoms with Crippen LogP contribution >= 0.6 is 0 Å². The van der Waals surface area contributed by atoms with Crippen LogP contribution in [0, 0.1) is 0 Å². The fraction of sp³-hybridized carbons (Fsp3) is 0. The van der Waals surface area contributed by atoms with Gasteiger partial charge < -0.3 is 24.0 Å². The summed E-state index contributed by atoms with van der Waals surface area (Å²) in [7, 11) is 0. The zero-order valence-corrected chi connectivity index (χ0v) is 42.2. The van der Waals surface area contributed by atoms with E-state index < -0.39 is 0 Å². The van der Waals surface area contributed by atoms with Gasteiger partial charge in [0, 0.05) is 67.6 Å². The Balaban J connectivity index is 0.872. The van der Waals surface area contributed by atoms with Crippen LogP contribution in [0.3, 0.4) is 0 Å². The van der Waals surface area contributed by atoms with E-state index in [0.29, 0.717) is 0 Å². The van der Waals surface area contributed by atoms with E-state index in [1.807, 2.05) is 0 Å². The Morgan fingerprint density at radius 1 is 0.182 bits per heavy atom. The highest BCUT2D eigenvalue weighted by Crippen LogP contribution is 2.47. The summed E-state index contributed by atoms with van der Waals surface area (Å²) in [6.45, 7) is 0. The van der Waals surface area contributed by atoms with Crippen molar-refractivity contribution in [3.8, 4) is 22.3 Å². The topological polar surface area (TPSA) is 26.1 Å². The summed E-state index contributed by atoms with van der Waals surface area (Å²) in [5.41, 5.74) is 18.7. The molecule has 1 aromatic heterocycles. The maximum Gasteiger partial charge on any atom is 0.159 e. The van der Waals surface area contributed by atoms with E-state index in [0.717, 1.165) is 112 Å². The van der Waals surface area contributed by atoms with Gasteiger partial charge in [0.15, 0.2) is 11.2 Å². The molecule has 0 unspecified atom stereocenters. The Hall–Kier alpha value is -10.4. The smallest absolute Gasteiger partial charge is 0.159 e. The lowest BCUT2D eigenvalue weighted by Gasteiger charge is -2.27. The molecule has 0 amide bonds. The third-order valence-corrected chi connectivity index (χ3v) is 14.2. The van der Waals surface area contributed by atoms with Crippen LogP contribution in [0.25, 0.3) is 44.2 Å². The van der Waals surface area contributed by atoms with Gasteiger partial charge in [-0.3, -0.25) is 0 Å². The molecule has 0 aliphatic carbocycles. The van der Waals surface area contributed by atoms with Gasteiger partial charge in [-0.1, -0.05) is 182 Å². The van der Waals surface area contributed by atoms with Crippen molar-refractivity contribution in [2.24, 2.45) is 0 Å². The van der Waals surface area contributed by atoms with Gasteiger partial charge in [-0.2, -0.15) is 0 Å². The predicted molar refractivity (Wildman–Crippen MR) is 323 cm³/mol. The highest BCUT2D eigenvalue weighted by molar-refractivity contribution is 6.14. The summed E-state index contributed by atoms with van der Waals surface area (Å²) in [4.78, 5) is 9.22. The first-order valence-corrected chi connectivity index (χ1v) is 26.1. The lowest BCUT2D eigenvalue weighted by atomic mass is 10.0. The fourth-order valence-corrected chi connectivity index (χ4v) is 10.6. The minimum Gasteiger partial charge on any atom is -0.452 e. The van der Waals surface area contributed by atoms with E-state index in [1.165, 1.54) is 0 Å². The molecule has 12 aromatic carbocycles. The minimum absolute atomic E-state index is 0.803. The first-order chi connectivity index (χ1) is 38.2. The molecule has 0 fully saturated rings. The number of anilines is 12. The van der Waals surface area contributed by atoms with Crippen molar-refractivity contribution in [3.63, 3.8) is 0 Å². The summed E-state index contributed by atoms with van der Waals surface area (Å²) < 4.78 is 7.30. The van der Waals surface area contributed by atoms with Gasteiger partial charge in [0.1, 0.15) is 0 Å². The average Bonchev–Trinajstić information content (AvgIpc) is 3.93. The van der Waals surface area contributed by atoms with Crippen molar-refractivity contribution < 1.29 is 4.42 Å². The molecule has 0 saturated carbocycles. The largest absolute Gasteiger partial charge is 0.452 e. The van der Waals surface area contributed by atoms with Crippen molar-refractivity contribution in [1.82, 2.24) is 0 Å². The first kappa shape index (κ1) is 46.4. The second kappa shape index (κ2) is 20.9. The number of hydrogen-bond donors (Lipinski definition) is 0. The van der Waals surface area contributed by atoms with Gasteiger partial charge in [-0.25, -0.2) is 0 Å². The second-order valence-electron chi connectivity index (χ2n) is 19.0. The van der Waals surface area contributed by atoms with Gasteiger partial charge in [0.05, 0.1) is 11.4 Å². The molecule has 13 rings (SSSR count). The second-order valence-corrected chi connectivity index (χ2v) is 19.0. The molecule has 0 aliphatic rings. The number of furan rings is 1. The highest BCUT2D eigenvalue weighted by atomic mass is 16.3. The van der Waals surface area contributed by atoms with Crippen molar-refractivity contribution in [1.29, 1.82) is 0 Å². The molecule has 0 atom stereocenters. The third kappa shape index (κ3) is 9.24. The van der Waals surface area contributed by atoms with Crippen molar-refractivity contribution >= 4 is 90.2 Å². The number of hydrogen-bond acceptors (Lipinski definition) is 5. The van der Waals surface area contributed by atoms with Gasteiger partial charge in [-0.05, 0) is 156 Å². The van der Waals surface area contributed by atoms with Crippen LogP contribution in [0.2, 0.25) is 0 Å². The van der Waals surface area contributed by atoms with E-state index in [4.69, 9.17) is 4.42 Å². The zero-order valence-electron chi connectivity index (χ0n) is 42.2. The standard InChI is InChI=1S/C72H52N4O/c1-7-25-57(26-8-1)73(58-27-9-2-10-28-58)63-47-43-53(44-48-63)54-45-49-64(50-46-54)75(61-33-15-5-16-34-61)69-41-21-39-67-68-40-22-42-70(72(68)77-71(67)69)76(62-35-17-6-18-36-62)66-38-20-24-56(52-66)55-23-19-37-65(51-55)74(59-29-11-3-12-30-59)60-31-13-4-14-32-60/h1-52H. The Morgan fingerprint density at radius 2 is 0.442 bits per heavy atom. The molecule has 0 N–H and O–H groups in total. The molecule has 0 spiro atoms. The molecule has 0 bridgehead atoms. The monoisotopic (exact) mass is 988 g/mol. The van der Waals surface area contributed by atoms with Gasteiger partial charge in [-0.15, -0.1) is 0 Å². The highest BCUT2D eigenvalue weighted by Gasteiger charge is 2.24. The van der Waals surface area contributed by atoms with Gasteiger partial charge >= 0.3 is 0 Å². The van der Waals surface area contributed by atoms with Crippen molar-refractivity contribution in [3.05, 3.63) is 315 Å². The van der Waals surface area contributed by atoms with E-state index in [9.17, 15) is 0 Å². The quantitative estimate of drug-likeness (QED) is 0.108. The van der Waals surface area contributed by atoms with Gasteiger partial charge in [0.2, 0.25) is 0 Å². The summed E-state index contributed by atoms with van der Waals surface area (Å²) in [6, 6.07) is 112. The van der Waals surface area contributed by atoms with Gasteiger partial charge in [0.25, 0.3) is 0 Å². The summed E-state index contributed by atoms with van der Waals surface area (Å²) in [6.07, 6.45) is 0. The maximum absolute atomic E-state index is 7.30. The van der Waals surface area contributed by atoms with Crippen LogP contribution in [-0.4, -0.2) is 0 Å². The SMILES string of the molecule is c1ccc(N(c2ccccc2)c2ccc(-c3ccc(N(c4ccccc4)c4cccc5c4oc4c(N(c6ccccc6)c6cccc(-c7cccc(N(c8ccccc8)c8ccccc8)c7)c6)cccc45)cc3)cc2)cc1. The summed E-state index contributed by atoms with van der Waals surface area (Å²) in [5.74, 6) is 0. The van der Waals surface area contributed by atoms with Crippen LogP contribution in [0.4, 0.5) is 68.2 Å². The summed E-state index contributed by atoms with van der Waals surface area (Å²) >= 11 is 0. The van der Waals surface area contributed by atoms with E-state index >= 15 is 0 Å². The van der Waals surface area contributed by atoms with Crippen molar-refractivity contribution in [2.75, 3.05) is 19.6 Å². The van der Waals surface area contributed by atoms with E-state index in [-0.39, 0.29) is 0 Å². The lowest BCUT2D eigenvalue weighted by Crippen LogP contribution is -2.10. The van der Waals surface area contributed by atoms with Crippen LogP contribution in [-0.2, 0) is 0 Å². The molecule has 77 heavy (non-hydrogen) atoms. The molecular formula is C72H52N4O. The van der Waals surface area contributed by atoms with Crippen LogP contribution in [0.1, 0.15) is 0 Å². The Morgan fingerprint density at radius 3 is 0.805 bits per heavy atom. The first-order valence-electron chi connectivity index (χ1n) is 26.1. The van der Waals surface area contributed by atoms with Crippen LogP contribution < -0.4 is 19.6 Å². The lowest BCUT2D eigenvalue weighted by molar-refractivity contribution is 0.669. The number of rotatable bonds is 14. The molecule has 366 valence electrons. The molecule has 5 nitrogen and oxygen atoms in total. The Labute approximate surface area is 449 Å². The molecule has 0 aliphatic heterocycles. The normalized spacial score (nSPS) is 11.1. The Kier molecular flexibility index (Phi) is 12.6.